The molecule has 15 heavy (non-hydrogen) atoms. The first-order chi connectivity index (χ1) is 6.99. The van der Waals surface area contributed by atoms with E-state index in [1.807, 2.05) is 0 Å². The van der Waals surface area contributed by atoms with Crippen LogP contribution in [0.2, 0.25) is 0 Å². The SMILES string of the molecule is [CH2]C(C)C(C)C(C)C(CC)C(CC)CC. The van der Waals surface area contributed by atoms with Crippen LogP contribution in [0.5, 0.6) is 0 Å². The summed E-state index contributed by atoms with van der Waals surface area (Å²) in [5, 5.41) is 0. The van der Waals surface area contributed by atoms with Crippen LogP contribution in [0.25, 0.3) is 0 Å². The lowest BCUT2D eigenvalue weighted by molar-refractivity contribution is 0.149. The fourth-order valence-corrected chi connectivity index (χ4v) is 2.94. The molecule has 0 aliphatic heterocycles. The van der Waals surface area contributed by atoms with Gasteiger partial charge in [0.2, 0.25) is 0 Å². The predicted octanol–water partition coefficient (Wildman–Crippen LogP) is 5.19. The first kappa shape index (κ1) is 15.0. The fourth-order valence-electron chi connectivity index (χ4n) is 2.94. The van der Waals surface area contributed by atoms with E-state index in [1.165, 1.54) is 19.3 Å². The Balaban J connectivity index is 4.50. The summed E-state index contributed by atoms with van der Waals surface area (Å²) >= 11 is 0. The van der Waals surface area contributed by atoms with Gasteiger partial charge in [0.15, 0.2) is 0 Å². The molecule has 0 aromatic heterocycles. The molecule has 1 radical (unpaired) electrons. The minimum absolute atomic E-state index is 0.573. The maximum absolute atomic E-state index is 4.19. The van der Waals surface area contributed by atoms with Crippen LogP contribution in [-0.4, -0.2) is 0 Å². The summed E-state index contributed by atoms with van der Waals surface area (Å²) in [5.41, 5.74) is 0. The smallest absolute Gasteiger partial charge is 0.0360 e. The molecule has 0 fully saturated rings. The summed E-state index contributed by atoms with van der Waals surface area (Å²) in [4.78, 5) is 0. The van der Waals surface area contributed by atoms with Gasteiger partial charge in [-0.25, -0.2) is 0 Å². The van der Waals surface area contributed by atoms with Crippen LogP contribution in [0.1, 0.15) is 60.8 Å². The van der Waals surface area contributed by atoms with Crippen molar-refractivity contribution in [2.75, 3.05) is 0 Å². The molecule has 0 rings (SSSR count). The molecule has 0 saturated heterocycles. The van der Waals surface area contributed by atoms with Crippen molar-refractivity contribution < 1.29 is 0 Å². The molecule has 0 aromatic rings. The topological polar surface area (TPSA) is 0 Å². The van der Waals surface area contributed by atoms with Crippen LogP contribution >= 0.6 is 0 Å². The third-order valence-corrected chi connectivity index (χ3v) is 4.53. The maximum Gasteiger partial charge on any atom is -0.0360 e. The summed E-state index contributed by atoms with van der Waals surface area (Å²) in [6.07, 6.45) is 3.99. The van der Waals surface area contributed by atoms with Crippen LogP contribution in [0.3, 0.4) is 0 Å². The summed E-state index contributed by atoms with van der Waals surface area (Å²) in [6, 6.07) is 0. The van der Waals surface area contributed by atoms with Crippen LogP contribution in [0, 0.1) is 36.5 Å². The van der Waals surface area contributed by atoms with Gasteiger partial charge in [-0.2, -0.15) is 0 Å². The van der Waals surface area contributed by atoms with E-state index in [4.69, 9.17) is 0 Å². The van der Waals surface area contributed by atoms with Crippen molar-refractivity contribution in [1.29, 1.82) is 0 Å². The quantitative estimate of drug-likeness (QED) is 0.543. The van der Waals surface area contributed by atoms with Crippen LogP contribution in [0.4, 0.5) is 0 Å². The Morgan fingerprint density at radius 2 is 1.27 bits per heavy atom. The Morgan fingerprint density at radius 1 is 0.800 bits per heavy atom. The molecular formula is C15H31. The van der Waals surface area contributed by atoms with E-state index >= 15 is 0 Å². The molecular weight excluding hydrogens is 180 g/mol. The van der Waals surface area contributed by atoms with E-state index in [-0.39, 0.29) is 0 Å². The van der Waals surface area contributed by atoms with Crippen molar-refractivity contribution in [3.8, 4) is 0 Å². The van der Waals surface area contributed by atoms with Gasteiger partial charge in [-0.3, -0.25) is 0 Å². The first-order valence-corrected chi connectivity index (χ1v) is 6.82. The van der Waals surface area contributed by atoms with Gasteiger partial charge in [0.1, 0.15) is 0 Å². The van der Waals surface area contributed by atoms with Gasteiger partial charge in [-0.15, -0.1) is 0 Å². The molecule has 91 valence electrons. The van der Waals surface area contributed by atoms with E-state index < -0.39 is 0 Å². The summed E-state index contributed by atoms with van der Waals surface area (Å²) < 4.78 is 0. The molecule has 0 bridgehead atoms. The third kappa shape index (κ3) is 4.17. The van der Waals surface area contributed by atoms with Crippen molar-refractivity contribution in [3.63, 3.8) is 0 Å². The van der Waals surface area contributed by atoms with Gasteiger partial charge in [0.25, 0.3) is 0 Å². The van der Waals surface area contributed by atoms with Crippen molar-refractivity contribution in [2.24, 2.45) is 29.6 Å². The molecule has 0 saturated carbocycles. The standard InChI is InChI=1S/C15H31/c1-8-14(9-2)15(10-3)13(7)12(6)11(4)5/h11-15H,4,8-10H2,1-3,5-7H3. The second-order valence-electron chi connectivity index (χ2n) is 5.34. The Kier molecular flexibility index (Phi) is 7.30. The number of hydrogen-bond donors (Lipinski definition) is 0. The fraction of sp³-hybridized carbons (Fsp3) is 0.933. The average Bonchev–Trinajstić information content (AvgIpc) is 2.23. The minimum atomic E-state index is 0.573. The highest BCUT2D eigenvalue weighted by Gasteiger charge is 2.27. The highest BCUT2D eigenvalue weighted by Crippen LogP contribution is 2.35. The van der Waals surface area contributed by atoms with E-state index in [2.05, 4.69) is 48.5 Å². The predicted molar refractivity (Wildman–Crippen MR) is 70.7 cm³/mol. The van der Waals surface area contributed by atoms with E-state index in [9.17, 15) is 0 Å². The molecule has 0 aliphatic rings. The Morgan fingerprint density at radius 3 is 1.53 bits per heavy atom. The lowest BCUT2D eigenvalue weighted by Crippen LogP contribution is -2.27. The molecule has 0 aromatic carbocycles. The zero-order valence-corrected chi connectivity index (χ0v) is 11.7. The molecule has 4 unspecified atom stereocenters. The van der Waals surface area contributed by atoms with Gasteiger partial charge in [0, 0.05) is 0 Å². The Labute approximate surface area is 97.8 Å². The van der Waals surface area contributed by atoms with Crippen LogP contribution in [-0.2, 0) is 0 Å². The van der Waals surface area contributed by atoms with Crippen LogP contribution in [0.15, 0.2) is 0 Å². The molecule has 4 atom stereocenters. The third-order valence-electron chi connectivity index (χ3n) is 4.53. The average molecular weight is 211 g/mol. The van der Waals surface area contributed by atoms with Gasteiger partial charge in [-0.05, 0) is 29.6 Å². The van der Waals surface area contributed by atoms with Gasteiger partial charge in [0.05, 0.1) is 0 Å². The second-order valence-corrected chi connectivity index (χ2v) is 5.34. The zero-order valence-electron chi connectivity index (χ0n) is 11.7. The molecule has 0 N–H and O–H groups in total. The normalized spacial score (nSPS) is 18.2. The minimum Gasteiger partial charge on any atom is -0.0651 e. The number of hydrogen-bond acceptors (Lipinski definition) is 0. The van der Waals surface area contributed by atoms with E-state index in [0.717, 1.165) is 23.7 Å². The van der Waals surface area contributed by atoms with E-state index in [0.29, 0.717) is 5.92 Å². The largest absolute Gasteiger partial charge is 0.0651 e. The second kappa shape index (κ2) is 7.30. The van der Waals surface area contributed by atoms with Crippen molar-refractivity contribution in [2.45, 2.75) is 60.8 Å². The summed E-state index contributed by atoms with van der Waals surface area (Å²) in [7, 11) is 0. The van der Waals surface area contributed by atoms with Crippen molar-refractivity contribution in [1.82, 2.24) is 0 Å². The van der Waals surface area contributed by atoms with Crippen molar-refractivity contribution >= 4 is 0 Å². The Bertz CT molecular complexity index is 144. The maximum atomic E-state index is 4.19. The molecule has 0 amide bonds. The molecule has 0 nitrogen and oxygen atoms in total. The monoisotopic (exact) mass is 211 g/mol. The molecule has 0 heterocycles. The highest BCUT2D eigenvalue weighted by molar-refractivity contribution is 4.79. The van der Waals surface area contributed by atoms with Crippen LogP contribution < -0.4 is 0 Å². The van der Waals surface area contributed by atoms with Gasteiger partial charge in [-0.1, -0.05) is 67.7 Å². The molecule has 0 aliphatic carbocycles. The first-order valence-electron chi connectivity index (χ1n) is 6.82. The summed E-state index contributed by atoms with van der Waals surface area (Å²) in [6.45, 7) is 18.3. The lowest BCUT2D eigenvalue weighted by Gasteiger charge is -2.35. The lowest BCUT2D eigenvalue weighted by atomic mass is 9.70. The Hall–Kier alpha value is 0. The van der Waals surface area contributed by atoms with E-state index in [1.54, 1.807) is 0 Å². The zero-order chi connectivity index (χ0) is 12.0. The van der Waals surface area contributed by atoms with Crippen molar-refractivity contribution in [3.05, 3.63) is 6.92 Å². The number of rotatable bonds is 7. The highest BCUT2D eigenvalue weighted by atomic mass is 14.3. The van der Waals surface area contributed by atoms with Gasteiger partial charge < -0.3 is 0 Å². The van der Waals surface area contributed by atoms with Gasteiger partial charge >= 0.3 is 0 Å². The molecule has 0 heteroatoms. The molecule has 0 spiro atoms. The summed E-state index contributed by atoms with van der Waals surface area (Å²) in [5.74, 6) is 3.93.